The first-order valence-electron chi connectivity index (χ1n) is 11.8. The summed E-state index contributed by atoms with van der Waals surface area (Å²) in [4.78, 5) is 14.6. The molecule has 0 aliphatic carbocycles. The van der Waals surface area contributed by atoms with Gasteiger partial charge in [-0.1, -0.05) is 36.4 Å². The normalized spacial score (nSPS) is 16.3. The third-order valence-electron chi connectivity index (χ3n) is 6.28. The molecule has 9 heteroatoms. The minimum atomic E-state index is -3.67. The number of fused-ring (bicyclic) bond motifs is 2. The van der Waals surface area contributed by atoms with Crippen molar-refractivity contribution in [3.8, 4) is 17.2 Å². The highest BCUT2D eigenvalue weighted by Gasteiger charge is 2.31. The van der Waals surface area contributed by atoms with Crippen molar-refractivity contribution in [3.63, 3.8) is 0 Å². The number of hydrogen-bond acceptors (Lipinski definition) is 6. The average Bonchev–Trinajstić information content (AvgIpc) is 2.91. The number of hydrogen-bond donors (Lipinski definition) is 0. The molecule has 0 atom stereocenters. The van der Waals surface area contributed by atoms with Crippen LogP contribution in [0.15, 0.2) is 65.6 Å². The van der Waals surface area contributed by atoms with Crippen LogP contribution in [0.2, 0.25) is 0 Å². The predicted octanol–water partition coefficient (Wildman–Crippen LogP) is 3.30. The van der Waals surface area contributed by atoms with Gasteiger partial charge in [0.2, 0.25) is 15.9 Å². The SMILES string of the molecule is O=C(CCCOc1cccc2ccccc12)N1CCN(S(=O)(=O)c2ccc3c(c2)OCCO3)CC1. The summed E-state index contributed by atoms with van der Waals surface area (Å²) < 4.78 is 44.5. The minimum absolute atomic E-state index is 0.0166. The summed E-state index contributed by atoms with van der Waals surface area (Å²) in [6, 6.07) is 18.6. The molecule has 1 saturated heterocycles. The highest BCUT2D eigenvalue weighted by atomic mass is 32.2. The molecule has 184 valence electrons. The van der Waals surface area contributed by atoms with Gasteiger partial charge in [0.05, 0.1) is 11.5 Å². The Balaban J connectivity index is 1.11. The van der Waals surface area contributed by atoms with Gasteiger partial charge in [-0.3, -0.25) is 4.79 Å². The van der Waals surface area contributed by atoms with Gasteiger partial charge in [-0.2, -0.15) is 4.31 Å². The Morgan fingerprint density at radius 3 is 2.46 bits per heavy atom. The molecule has 0 bridgehead atoms. The maximum absolute atomic E-state index is 13.1. The zero-order chi connectivity index (χ0) is 24.3. The molecule has 0 radical (unpaired) electrons. The molecule has 2 aliphatic heterocycles. The number of carbonyl (C=O) groups excluding carboxylic acids is 1. The molecule has 2 heterocycles. The summed E-state index contributed by atoms with van der Waals surface area (Å²) in [5.74, 6) is 1.82. The van der Waals surface area contributed by atoms with Gasteiger partial charge < -0.3 is 19.1 Å². The topological polar surface area (TPSA) is 85.4 Å². The van der Waals surface area contributed by atoms with Crippen LogP contribution in [-0.4, -0.2) is 69.5 Å². The van der Waals surface area contributed by atoms with Crippen LogP contribution in [0.5, 0.6) is 17.2 Å². The van der Waals surface area contributed by atoms with Crippen molar-refractivity contribution in [2.75, 3.05) is 46.0 Å². The van der Waals surface area contributed by atoms with Gasteiger partial charge in [-0.15, -0.1) is 0 Å². The van der Waals surface area contributed by atoms with Gasteiger partial charge in [-0.25, -0.2) is 8.42 Å². The van der Waals surface area contributed by atoms with Gasteiger partial charge in [-0.05, 0) is 30.0 Å². The van der Waals surface area contributed by atoms with E-state index in [1.165, 1.54) is 16.4 Å². The highest BCUT2D eigenvalue weighted by molar-refractivity contribution is 7.89. The molecule has 1 fully saturated rings. The standard InChI is InChI=1S/C26H28N2O6S/c29-26(9-4-16-32-23-8-3-6-20-5-1-2-7-22(20)23)27-12-14-28(15-13-27)35(30,31)21-10-11-24-25(19-21)34-18-17-33-24/h1-3,5-8,10-11,19H,4,9,12-18H2. The summed E-state index contributed by atoms with van der Waals surface area (Å²) in [7, 11) is -3.67. The lowest BCUT2D eigenvalue weighted by Crippen LogP contribution is -2.50. The summed E-state index contributed by atoms with van der Waals surface area (Å²) in [6.07, 6.45) is 0.956. The van der Waals surface area contributed by atoms with Gasteiger partial charge in [0.15, 0.2) is 11.5 Å². The maximum Gasteiger partial charge on any atom is 0.243 e. The molecule has 1 amide bonds. The van der Waals surface area contributed by atoms with E-state index in [-0.39, 0.29) is 23.9 Å². The van der Waals surface area contributed by atoms with E-state index in [1.54, 1.807) is 11.0 Å². The largest absolute Gasteiger partial charge is 0.493 e. The van der Waals surface area contributed by atoms with E-state index in [9.17, 15) is 13.2 Å². The maximum atomic E-state index is 13.1. The lowest BCUT2D eigenvalue weighted by atomic mass is 10.1. The fraction of sp³-hybridized carbons (Fsp3) is 0.346. The zero-order valence-electron chi connectivity index (χ0n) is 19.4. The Morgan fingerprint density at radius 2 is 1.63 bits per heavy atom. The average molecular weight is 497 g/mol. The van der Waals surface area contributed by atoms with Crippen LogP contribution < -0.4 is 14.2 Å². The van der Waals surface area contributed by atoms with Crippen molar-refractivity contribution in [1.82, 2.24) is 9.21 Å². The number of carbonyl (C=O) groups is 1. The van der Waals surface area contributed by atoms with E-state index in [2.05, 4.69) is 0 Å². The lowest BCUT2D eigenvalue weighted by Gasteiger charge is -2.34. The van der Waals surface area contributed by atoms with E-state index >= 15 is 0 Å². The Morgan fingerprint density at radius 1 is 0.886 bits per heavy atom. The van der Waals surface area contributed by atoms with Crippen LogP contribution in [0.25, 0.3) is 10.8 Å². The quantitative estimate of drug-likeness (QED) is 0.467. The Kier molecular flexibility index (Phi) is 6.79. The number of nitrogens with zero attached hydrogens (tertiary/aromatic N) is 2. The Bertz CT molecular complexity index is 1310. The van der Waals surface area contributed by atoms with E-state index in [1.807, 2.05) is 42.5 Å². The van der Waals surface area contributed by atoms with Gasteiger partial charge >= 0.3 is 0 Å². The van der Waals surface area contributed by atoms with Crippen LogP contribution >= 0.6 is 0 Å². The first-order chi connectivity index (χ1) is 17.0. The molecule has 0 unspecified atom stereocenters. The van der Waals surface area contributed by atoms with E-state index in [0.717, 1.165) is 16.5 Å². The van der Waals surface area contributed by atoms with E-state index < -0.39 is 10.0 Å². The third kappa shape index (κ3) is 5.06. The smallest absolute Gasteiger partial charge is 0.243 e. The molecule has 2 aliphatic rings. The Labute approximate surface area is 205 Å². The molecule has 0 spiro atoms. The molecule has 0 N–H and O–H groups in total. The second-order valence-corrected chi connectivity index (χ2v) is 10.5. The van der Waals surface area contributed by atoms with E-state index in [0.29, 0.717) is 57.3 Å². The molecular formula is C26H28N2O6S. The second-order valence-electron chi connectivity index (χ2n) is 8.52. The monoisotopic (exact) mass is 496 g/mol. The van der Waals surface area contributed by atoms with Gasteiger partial charge in [0.25, 0.3) is 0 Å². The van der Waals surface area contributed by atoms with Crippen molar-refractivity contribution in [2.24, 2.45) is 0 Å². The van der Waals surface area contributed by atoms with Crippen LogP contribution in [-0.2, 0) is 14.8 Å². The van der Waals surface area contributed by atoms with Crippen LogP contribution in [0.4, 0.5) is 0 Å². The molecule has 3 aromatic rings. The van der Waals surface area contributed by atoms with Crippen molar-refractivity contribution in [3.05, 3.63) is 60.7 Å². The van der Waals surface area contributed by atoms with E-state index in [4.69, 9.17) is 14.2 Å². The first-order valence-corrected chi connectivity index (χ1v) is 13.2. The van der Waals surface area contributed by atoms with Crippen molar-refractivity contribution < 1.29 is 27.4 Å². The number of amides is 1. The number of sulfonamides is 1. The molecule has 3 aromatic carbocycles. The summed E-state index contributed by atoms with van der Waals surface area (Å²) in [6.45, 7) is 2.54. The molecule has 8 nitrogen and oxygen atoms in total. The zero-order valence-corrected chi connectivity index (χ0v) is 20.2. The highest BCUT2D eigenvalue weighted by Crippen LogP contribution is 2.33. The molecule has 5 rings (SSSR count). The number of benzene rings is 3. The third-order valence-corrected chi connectivity index (χ3v) is 8.18. The number of rotatable bonds is 7. The Hall–Kier alpha value is -3.30. The summed E-state index contributed by atoms with van der Waals surface area (Å²) >= 11 is 0. The lowest BCUT2D eigenvalue weighted by molar-refractivity contribution is -0.132. The van der Waals surface area contributed by atoms with Crippen LogP contribution in [0.1, 0.15) is 12.8 Å². The summed E-state index contributed by atoms with van der Waals surface area (Å²) in [5.41, 5.74) is 0. The van der Waals surface area contributed by atoms with Crippen LogP contribution in [0.3, 0.4) is 0 Å². The second kappa shape index (κ2) is 10.1. The van der Waals surface area contributed by atoms with Crippen molar-refractivity contribution >= 4 is 26.7 Å². The number of ether oxygens (including phenoxy) is 3. The minimum Gasteiger partial charge on any atom is -0.493 e. The van der Waals surface area contributed by atoms with Crippen molar-refractivity contribution in [2.45, 2.75) is 17.7 Å². The fourth-order valence-corrected chi connectivity index (χ4v) is 5.83. The fourth-order valence-electron chi connectivity index (χ4n) is 4.40. The molecule has 0 aromatic heterocycles. The first kappa shape index (κ1) is 23.4. The van der Waals surface area contributed by atoms with Gasteiger partial charge in [0, 0.05) is 44.1 Å². The molecule has 0 saturated carbocycles. The molecule has 35 heavy (non-hydrogen) atoms. The number of piperazine rings is 1. The van der Waals surface area contributed by atoms with Crippen molar-refractivity contribution in [1.29, 1.82) is 0 Å². The van der Waals surface area contributed by atoms with Crippen LogP contribution in [0, 0.1) is 0 Å². The molecular weight excluding hydrogens is 468 g/mol. The van der Waals surface area contributed by atoms with Gasteiger partial charge in [0.1, 0.15) is 19.0 Å². The summed E-state index contributed by atoms with van der Waals surface area (Å²) in [5, 5.41) is 2.17. The predicted molar refractivity (Wildman–Crippen MR) is 131 cm³/mol.